The Morgan fingerprint density at radius 2 is 2.00 bits per heavy atom. The van der Waals surface area contributed by atoms with Gasteiger partial charge < -0.3 is 9.88 Å². The van der Waals surface area contributed by atoms with Gasteiger partial charge in [-0.05, 0) is 34.6 Å². The van der Waals surface area contributed by atoms with Crippen molar-refractivity contribution >= 4 is 10.9 Å². The molecule has 2 heteroatoms. The first kappa shape index (κ1) is 12.7. The van der Waals surface area contributed by atoms with Crippen LogP contribution in [0.25, 0.3) is 10.9 Å². The largest absolute Gasteiger partial charge is 0.346 e. The molecule has 0 spiro atoms. The molecule has 0 bridgehead atoms. The van der Waals surface area contributed by atoms with E-state index >= 15 is 0 Å². The second-order valence-electron chi connectivity index (χ2n) is 6.93. The highest BCUT2D eigenvalue weighted by atomic mass is 15.0. The van der Waals surface area contributed by atoms with Crippen molar-refractivity contribution < 1.29 is 0 Å². The minimum Gasteiger partial charge on any atom is -0.346 e. The molecule has 3 rings (SSSR count). The Kier molecular flexibility index (Phi) is 2.75. The lowest BCUT2D eigenvalue weighted by atomic mass is 9.85. The van der Waals surface area contributed by atoms with Crippen LogP contribution in [0.4, 0.5) is 0 Å². The molecule has 0 fully saturated rings. The second-order valence-corrected chi connectivity index (χ2v) is 6.93. The zero-order valence-electron chi connectivity index (χ0n) is 12.7. The van der Waals surface area contributed by atoms with Gasteiger partial charge in [-0.3, -0.25) is 0 Å². The molecule has 19 heavy (non-hydrogen) atoms. The van der Waals surface area contributed by atoms with E-state index in [1.807, 2.05) is 0 Å². The monoisotopic (exact) mass is 256 g/mol. The van der Waals surface area contributed by atoms with Gasteiger partial charge in [0.1, 0.15) is 0 Å². The van der Waals surface area contributed by atoms with Gasteiger partial charge >= 0.3 is 0 Å². The summed E-state index contributed by atoms with van der Waals surface area (Å²) >= 11 is 0. The molecule has 2 nitrogen and oxygen atoms in total. The summed E-state index contributed by atoms with van der Waals surface area (Å²) in [6.45, 7) is 11.3. The van der Waals surface area contributed by atoms with Crippen LogP contribution in [0.15, 0.2) is 18.2 Å². The third-order valence-electron chi connectivity index (χ3n) is 4.47. The lowest BCUT2D eigenvalue weighted by Crippen LogP contribution is -2.27. The molecule has 0 amide bonds. The Morgan fingerprint density at radius 1 is 1.26 bits per heavy atom. The predicted octanol–water partition coefficient (Wildman–Crippen LogP) is 3.68. The number of aromatic nitrogens is 1. The van der Waals surface area contributed by atoms with Crippen molar-refractivity contribution in [3.8, 4) is 0 Å². The molecule has 0 saturated heterocycles. The van der Waals surface area contributed by atoms with Gasteiger partial charge in [-0.1, -0.05) is 33.8 Å². The first-order valence-electron chi connectivity index (χ1n) is 7.22. The number of hydrogen-bond donors (Lipinski definition) is 1. The summed E-state index contributed by atoms with van der Waals surface area (Å²) in [5.74, 6) is 0.600. The molecule has 1 aromatic carbocycles. The standard InChI is InChI=1S/C17H24N2/c1-11-9-18-10-15-16(11)13-8-12(17(2,3)4)6-7-14(13)19(15)5/h6-8,11,18H,9-10H2,1-5H3. The SMILES string of the molecule is CC1CNCc2c1c1cc(C(C)(C)C)ccc1n2C. The molecule has 1 aliphatic rings. The van der Waals surface area contributed by atoms with Crippen LogP contribution in [0.5, 0.6) is 0 Å². The molecule has 1 atom stereocenters. The molecule has 1 N–H and O–H groups in total. The van der Waals surface area contributed by atoms with E-state index in [-0.39, 0.29) is 5.41 Å². The molecule has 1 aromatic heterocycles. The Bertz CT molecular complexity index is 629. The van der Waals surface area contributed by atoms with E-state index in [4.69, 9.17) is 0 Å². The fourth-order valence-corrected chi connectivity index (χ4v) is 3.27. The lowest BCUT2D eigenvalue weighted by Gasteiger charge is -2.22. The number of nitrogens with zero attached hydrogens (tertiary/aromatic N) is 1. The number of fused-ring (bicyclic) bond motifs is 3. The van der Waals surface area contributed by atoms with Crippen molar-refractivity contribution in [1.82, 2.24) is 9.88 Å². The third kappa shape index (κ3) is 1.90. The first-order chi connectivity index (χ1) is 8.89. The summed E-state index contributed by atoms with van der Waals surface area (Å²) in [7, 11) is 2.19. The van der Waals surface area contributed by atoms with Crippen LogP contribution in [-0.4, -0.2) is 11.1 Å². The summed E-state index contributed by atoms with van der Waals surface area (Å²) in [6.07, 6.45) is 0. The summed E-state index contributed by atoms with van der Waals surface area (Å²) < 4.78 is 2.36. The number of nitrogens with one attached hydrogen (secondary N) is 1. The second kappa shape index (κ2) is 4.11. The number of benzene rings is 1. The van der Waals surface area contributed by atoms with Crippen molar-refractivity contribution in [1.29, 1.82) is 0 Å². The smallest absolute Gasteiger partial charge is 0.0483 e. The fourth-order valence-electron chi connectivity index (χ4n) is 3.27. The van der Waals surface area contributed by atoms with Crippen LogP contribution in [0.2, 0.25) is 0 Å². The third-order valence-corrected chi connectivity index (χ3v) is 4.47. The summed E-state index contributed by atoms with van der Waals surface area (Å²) in [5, 5.41) is 4.97. The summed E-state index contributed by atoms with van der Waals surface area (Å²) in [6, 6.07) is 6.99. The molecular formula is C17H24N2. The van der Waals surface area contributed by atoms with Gasteiger partial charge in [-0.15, -0.1) is 0 Å². The average Bonchev–Trinajstić information content (AvgIpc) is 2.63. The van der Waals surface area contributed by atoms with Crippen molar-refractivity contribution in [2.45, 2.75) is 45.6 Å². The van der Waals surface area contributed by atoms with Gasteiger partial charge in [-0.25, -0.2) is 0 Å². The van der Waals surface area contributed by atoms with E-state index in [9.17, 15) is 0 Å². The molecular weight excluding hydrogens is 232 g/mol. The zero-order chi connectivity index (χ0) is 13.8. The summed E-state index contributed by atoms with van der Waals surface area (Å²) in [4.78, 5) is 0. The molecule has 0 saturated carbocycles. The minimum atomic E-state index is 0.215. The van der Waals surface area contributed by atoms with Crippen LogP contribution < -0.4 is 5.32 Å². The van der Waals surface area contributed by atoms with Gasteiger partial charge in [0.2, 0.25) is 0 Å². The Morgan fingerprint density at radius 3 is 2.68 bits per heavy atom. The molecule has 1 aliphatic heterocycles. The van der Waals surface area contributed by atoms with Crippen molar-refractivity contribution in [2.75, 3.05) is 6.54 Å². The van der Waals surface area contributed by atoms with Gasteiger partial charge in [-0.2, -0.15) is 0 Å². The maximum atomic E-state index is 3.52. The molecule has 0 radical (unpaired) electrons. The average molecular weight is 256 g/mol. The van der Waals surface area contributed by atoms with Crippen LogP contribution in [0, 0.1) is 0 Å². The molecule has 2 heterocycles. The number of hydrogen-bond acceptors (Lipinski definition) is 1. The van der Waals surface area contributed by atoms with Crippen LogP contribution in [-0.2, 0) is 19.0 Å². The minimum absolute atomic E-state index is 0.215. The quantitative estimate of drug-likeness (QED) is 0.761. The van der Waals surface area contributed by atoms with Crippen LogP contribution >= 0.6 is 0 Å². The van der Waals surface area contributed by atoms with E-state index < -0.39 is 0 Å². The molecule has 102 valence electrons. The van der Waals surface area contributed by atoms with Crippen LogP contribution in [0.3, 0.4) is 0 Å². The van der Waals surface area contributed by atoms with Gasteiger partial charge in [0.25, 0.3) is 0 Å². The maximum Gasteiger partial charge on any atom is 0.0483 e. The predicted molar refractivity (Wildman–Crippen MR) is 81.7 cm³/mol. The normalized spacial score (nSPS) is 19.7. The molecule has 1 unspecified atom stereocenters. The highest BCUT2D eigenvalue weighted by molar-refractivity contribution is 5.87. The first-order valence-corrected chi connectivity index (χ1v) is 7.22. The van der Waals surface area contributed by atoms with Crippen molar-refractivity contribution in [2.24, 2.45) is 7.05 Å². The number of aryl methyl sites for hydroxylation is 1. The van der Waals surface area contributed by atoms with Crippen LogP contribution in [0.1, 0.15) is 50.4 Å². The molecule has 0 aliphatic carbocycles. The van der Waals surface area contributed by atoms with Gasteiger partial charge in [0, 0.05) is 36.7 Å². The number of rotatable bonds is 0. The van der Waals surface area contributed by atoms with E-state index in [1.54, 1.807) is 5.56 Å². The van der Waals surface area contributed by atoms with E-state index in [2.05, 4.69) is 62.8 Å². The van der Waals surface area contributed by atoms with Crippen molar-refractivity contribution in [3.05, 3.63) is 35.0 Å². The highest BCUT2D eigenvalue weighted by Gasteiger charge is 2.24. The van der Waals surface area contributed by atoms with Gasteiger partial charge in [0.05, 0.1) is 0 Å². The van der Waals surface area contributed by atoms with Gasteiger partial charge in [0.15, 0.2) is 0 Å². The van der Waals surface area contributed by atoms with Crippen molar-refractivity contribution in [3.63, 3.8) is 0 Å². The lowest BCUT2D eigenvalue weighted by molar-refractivity contribution is 0.553. The molecule has 2 aromatic rings. The summed E-state index contributed by atoms with van der Waals surface area (Å²) in [5.41, 5.74) is 6.03. The van der Waals surface area contributed by atoms with E-state index in [1.165, 1.54) is 22.2 Å². The Labute approximate surface area is 115 Å². The Hall–Kier alpha value is -1.28. The fraction of sp³-hybridized carbons (Fsp3) is 0.529. The highest BCUT2D eigenvalue weighted by Crippen LogP contribution is 2.36. The maximum absolute atomic E-state index is 3.52. The Balaban J connectivity index is 2.31. The zero-order valence-corrected chi connectivity index (χ0v) is 12.7. The van der Waals surface area contributed by atoms with E-state index in [0.29, 0.717) is 5.92 Å². The van der Waals surface area contributed by atoms with E-state index in [0.717, 1.165) is 13.1 Å². The topological polar surface area (TPSA) is 17.0 Å².